The zero-order chi connectivity index (χ0) is 15.6. The fraction of sp³-hybridized carbons (Fsp3) is 0.500. The molecule has 1 unspecified atom stereocenters. The Morgan fingerprint density at radius 2 is 2.00 bits per heavy atom. The summed E-state index contributed by atoms with van der Waals surface area (Å²) in [4.78, 5) is 25.5. The number of carbonyl (C=O) groups excluding carboxylic acids is 1. The maximum Gasteiger partial charge on any atom is 0.311 e. The molecule has 1 atom stereocenters. The van der Waals surface area contributed by atoms with E-state index in [0.29, 0.717) is 18.5 Å². The second-order valence-electron chi connectivity index (χ2n) is 5.99. The normalized spacial score (nSPS) is 21.8. The lowest BCUT2D eigenvalue weighted by Crippen LogP contribution is -2.41. The third-order valence-corrected chi connectivity index (χ3v) is 4.52. The van der Waals surface area contributed by atoms with Gasteiger partial charge in [-0.05, 0) is 18.4 Å². The molecule has 1 fully saturated rings. The number of hydrogen-bond donors (Lipinski definition) is 2. The molecule has 1 aromatic carbocycles. The van der Waals surface area contributed by atoms with E-state index in [1.54, 1.807) is 29.2 Å². The van der Waals surface area contributed by atoms with Gasteiger partial charge in [0.15, 0.2) is 0 Å². The molecule has 2 rings (SSSR count). The molecule has 5 heteroatoms. The molecule has 1 saturated heterocycles. The smallest absolute Gasteiger partial charge is 0.311 e. The SMILES string of the molecule is CC(C)C1(C(=O)O)CCN(C(=O)Cc2ccccc2O)C1. The third kappa shape index (κ3) is 2.86. The molecular weight excluding hydrogens is 270 g/mol. The van der Waals surface area contributed by atoms with Crippen LogP contribution in [0.5, 0.6) is 5.75 Å². The van der Waals surface area contributed by atoms with Crippen LogP contribution in [0.25, 0.3) is 0 Å². The Bertz CT molecular complexity index is 555. The molecular formula is C16H21NO4. The van der Waals surface area contributed by atoms with Gasteiger partial charge in [0.2, 0.25) is 5.91 Å². The van der Waals surface area contributed by atoms with Gasteiger partial charge in [-0.25, -0.2) is 0 Å². The summed E-state index contributed by atoms with van der Waals surface area (Å²) in [5, 5.41) is 19.2. The lowest BCUT2D eigenvalue weighted by molar-refractivity contribution is -0.151. The highest BCUT2D eigenvalue weighted by atomic mass is 16.4. The zero-order valence-corrected chi connectivity index (χ0v) is 12.4. The number of hydrogen-bond acceptors (Lipinski definition) is 3. The number of carbonyl (C=O) groups is 2. The third-order valence-electron chi connectivity index (χ3n) is 4.52. The highest BCUT2D eigenvalue weighted by Gasteiger charge is 2.48. The molecule has 0 radical (unpaired) electrons. The summed E-state index contributed by atoms with van der Waals surface area (Å²) in [6.45, 7) is 4.46. The highest BCUT2D eigenvalue weighted by molar-refractivity contribution is 5.82. The van der Waals surface area contributed by atoms with Gasteiger partial charge < -0.3 is 15.1 Å². The predicted octanol–water partition coefficient (Wildman–Crippen LogP) is 1.89. The van der Waals surface area contributed by atoms with Gasteiger partial charge in [0.25, 0.3) is 0 Å². The Balaban J connectivity index is 2.09. The quantitative estimate of drug-likeness (QED) is 0.888. The first-order chi connectivity index (χ1) is 9.86. The Hall–Kier alpha value is -2.04. The number of rotatable bonds is 4. The maximum absolute atomic E-state index is 12.3. The molecule has 114 valence electrons. The molecule has 1 aliphatic heterocycles. The van der Waals surface area contributed by atoms with E-state index in [1.165, 1.54) is 0 Å². The first-order valence-corrected chi connectivity index (χ1v) is 7.15. The Morgan fingerprint density at radius 3 is 2.52 bits per heavy atom. The maximum atomic E-state index is 12.3. The van der Waals surface area contributed by atoms with Crippen molar-refractivity contribution < 1.29 is 19.8 Å². The Labute approximate surface area is 124 Å². The average molecular weight is 291 g/mol. The summed E-state index contributed by atoms with van der Waals surface area (Å²) in [5.74, 6) is -0.910. The average Bonchev–Trinajstić information content (AvgIpc) is 2.88. The van der Waals surface area contributed by atoms with Gasteiger partial charge in [0.05, 0.1) is 11.8 Å². The summed E-state index contributed by atoms with van der Waals surface area (Å²) in [6, 6.07) is 6.72. The number of phenols is 1. The second-order valence-corrected chi connectivity index (χ2v) is 5.99. The molecule has 0 aromatic heterocycles. The number of aromatic hydroxyl groups is 1. The molecule has 0 saturated carbocycles. The fourth-order valence-corrected chi connectivity index (χ4v) is 2.87. The number of aliphatic carboxylic acids is 1. The van der Waals surface area contributed by atoms with Gasteiger partial charge in [0.1, 0.15) is 5.75 Å². The van der Waals surface area contributed by atoms with E-state index in [9.17, 15) is 19.8 Å². The Kier molecular flexibility index (Phi) is 4.21. The lowest BCUT2D eigenvalue weighted by Gasteiger charge is -2.28. The Morgan fingerprint density at radius 1 is 1.33 bits per heavy atom. The van der Waals surface area contributed by atoms with E-state index in [0.717, 1.165) is 0 Å². The standard InChI is InChI=1S/C16H21NO4/c1-11(2)16(15(20)21)7-8-17(10-16)14(19)9-12-5-3-4-6-13(12)18/h3-6,11,18H,7-10H2,1-2H3,(H,20,21). The summed E-state index contributed by atoms with van der Waals surface area (Å²) in [6.07, 6.45) is 0.576. The molecule has 1 amide bonds. The van der Waals surface area contributed by atoms with E-state index >= 15 is 0 Å². The zero-order valence-electron chi connectivity index (χ0n) is 12.4. The van der Waals surface area contributed by atoms with Gasteiger partial charge in [-0.15, -0.1) is 0 Å². The highest BCUT2D eigenvalue weighted by Crippen LogP contribution is 2.38. The van der Waals surface area contributed by atoms with Crippen LogP contribution in [0.15, 0.2) is 24.3 Å². The number of para-hydroxylation sites is 1. The molecule has 5 nitrogen and oxygen atoms in total. The minimum absolute atomic E-state index is 0.0297. The van der Waals surface area contributed by atoms with Crippen molar-refractivity contribution in [3.63, 3.8) is 0 Å². The van der Waals surface area contributed by atoms with E-state index in [-0.39, 0.29) is 30.5 Å². The van der Waals surface area contributed by atoms with Crippen LogP contribution in [0.2, 0.25) is 0 Å². The second kappa shape index (κ2) is 5.76. The summed E-state index contributed by atoms with van der Waals surface area (Å²) < 4.78 is 0. The van der Waals surface area contributed by atoms with E-state index in [4.69, 9.17) is 0 Å². The van der Waals surface area contributed by atoms with Gasteiger partial charge in [-0.2, -0.15) is 0 Å². The number of amides is 1. The molecule has 2 N–H and O–H groups in total. The van der Waals surface area contributed by atoms with Crippen LogP contribution in [-0.2, 0) is 16.0 Å². The number of carboxylic acid groups (broad SMARTS) is 1. The van der Waals surface area contributed by atoms with Crippen molar-refractivity contribution in [1.29, 1.82) is 0 Å². The first kappa shape index (κ1) is 15.4. The van der Waals surface area contributed by atoms with Crippen LogP contribution in [0.3, 0.4) is 0 Å². The van der Waals surface area contributed by atoms with Crippen molar-refractivity contribution in [2.45, 2.75) is 26.7 Å². The number of nitrogens with zero attached hydrogens (tertiary/aromatic N) is 1. The van der Waals surface area contributed by atoms with Crippen LogP contribution in [0.1, 0.15) is 25.8 Å². The van der Waals surface area contributed by atoms with Crippen molar-refractivity contribution in [1.82, 2.24) is 4.90 Å². The van der Waals surface area contributed by atoms with E-state index < -0.39 is 11.4 Å². The number of carboxylic acids is 1. The van der Waals surface area contributed by atoms with Crippen LogP contribution in [0.4, 0.5) is 0 Å². The molecule has 21 heavy (non-hydrogen) atoms. The molecule has 0 bridgehead atoms. The number of phenolic OH excluding ortho intramolecular Hbond substituents is 1. The predicted molar refractivity (Wildman–Crippen MR) is 77.9 cm³/mol. The van der Waals surface area contributed by atoms with Crippen LogP contribution in [0, 0.1) is 11.3 Å². The summed E-state index contributed by atoms with van der Waals surface area (Å²) >= 11 is 0. The first-order valence-electron chi connectivity index (χ1n) is 7.15. The van der Waals surface area contributed by atoms with E-state index in [1.807, 2.05) is 13.8 Å². The van der Waals surface area contributed by atoms with Crippen LogP contribution >= 0.6 is 0 Å². The van der Waals surface area contributed by atoms with Crippen molar-refractivity contribution in [3.05, 3.63) is 29.8 Å². The minimum atomic E-state index is -0.853. The largest absolute Gasteiger partial charge is 0.508 e. The summed E-state index contributed by atoms with van der Waals surface area (Å²) in [7, 11) is 0. The van der Waals surface area contributed by atoms with Crippen LogP contribution in [-0.4, -0.2) is 40.1 Å². The van der Waals surface area contributed by atoms with Crippen molar-refractivity contribution in [2.75, 3.05) is 13.1 Å². The van der Waals surface area contributed by atoms with Crippen molar-refractivity contribution in [2.24, 2.45) is 11.3 Å². The van der Waals surface area contributed by atoms with Gasteiger partial charge in [-0.1, -0.05) is 32.0 Å². The minimum Gasteiger partial charge on any atom is -0.508 e. The molecule has 0 spiro atoms. The fourth-order valence-electron chi connectivity index (χ4n) is 2.87. The van der Waals surface area contributed by atoms with Crippen molar-refractivity contribution in [3.8, 4) is 5.75 Å². The lowest BCUT2D eigenvalue weighted by atomic mass is 9.76. The molecule has 1 heterocycles. The van der Waals surface area contributed by atoms with Gasteiger partial charge in [-0.3, -0.25) is 9.59 Å². The molecule has 1 aliphatic rings. The van der Waals surface area contributed by atoms with Crippen molar-refractivity contribution >= 4 is 11.9 Å². The number of likely N-dealkylation sites (tertiary alicyclic amines) is 1. The van der Waals surface area contributed by atoms with E-state index in [2.05, 4.69) is 0 Å². The monoisotopic (exact) mass is 291 g/mol. The summed E-state index contributed by atoms with van der Waals surface area (Å²) in [5.41, 5.74) is -0.283. The molecule has 0 aliphatic carbocycles. The van der Waals surface area contributed by atoms with Gasteiger partial charge in [0, 0.05) is 18.7 Å². The number of benzene rings is 1. The topological polar surface area (TPSA) is 77.8 Å². The molecule has 1 aromatic rings. The van der Waals surface area contributed by atoms with Crippen LogP contribution < -0.4 is 0 Å². The van der Waals surface area contributed by atoms with Gasteiger partial charge >= 0.3 is 5.97 Å².